The molecule has 1 saturated heterocycles. The molecule has 3 heterocycles. The van der Waals surface area contributed by atoms with Crippen molar-refractivity contribution in [2.24, 2.45) is 5.92 Å². The second-order valence-electron chi connectivity index (χ2n) is 7.60. The third-order valence-electron chi connectivity index (χ3n) is 4.91. The van der Waals surface area contributed by atoms with E-state index in [0.29, 0.717) is 24.1 Å². The number of pyridine rings is 1. The molecule has 1 saturated carbocycles. The van der Waals surface area contributed by atoms with Crippen molar-refractivity contribution < 1.29 is 9.32 Å². The zero-order chi connectivity index (χ0) is 18.1. The highest BCUT2D eigenvalue weighted by molar-refractivity contribution is 5.76. The van der Waals surface area contributed by atoms with E-state index >= 15 is 0 Å². The number of hydrogen-bond donors (Lipinski definition) is 0. The Bertz CT molecular complexity index is 758. The molecule has 26 heavy (non-hydrogen) atoms. The van der Waals surface area contributed by atoms with Crippen molar-refractivity contribution in [3.05, 3.63) is 24.2 Å². The van der Waals surface area contributed by atoms with Crippen LogP contribution in [0.2, 0.25) is 0 Å². The molecule has 7 nitrogen and oxygen atoms in total. The molecule has 2 aromatic rings. The van der Waals surface area contributed by atoms with Gasteiger partial charge in [0.1, 0.15) is 5.82 Å². The summed E-state index contributed by atoms with van der Waals surface area (Å²) in [5.41, 5.74) is 0.871. The Morgan fingerprint density at radius 3 is 2.62 bits per heavy atom. The Morgan fingerprint density at radius 1 is 1.23 bits per heavy atom. The Balaban J connectivity index is 1.36. The Labute approximate surface area is 153 Å². The van der Waals surface area contributed by atoms with Gasteiger partial charge in [-0.25, -0.2) is 4.98 Å². The van der Waals surface area contributed by atoms with E-state index in [1.54, 1.807) is 6.20 Å². The third-order valence-corrected chi connectivity index (χ3v) is 4.91. The number of hydrogen-bond acceptors (Lipinski definition) is 6. The standard InChI is InChI=1S/C19H25N5O2/c1-13(2)11-17(25)24-9-7-23(8-10-24)16-6-5-15(12-20-16)18-21-19(26-22-18)14-3-4-14/h5-6,12-14H,3-4,7-11H2,1-2H3. The van der Waals surface area contributed by atoms with Gasteiger partial charge in [-0.05, 0) is 30.9 Å². The molecule has 4 rings (SSSR count). The summed E-state index contributed by atoms with van der Waals surface area (Å²) < 4.78 is 5.31. The first kappa shape index (κ1) is 17.0. The van der Waals surface area contributed by atoms with Gasteiger partial charge in [0.2, 0.25) is 17.6 Å². The second-order valence-corrected chi connectivity index (χ2v) is 7.60. The van der Waals surface area contributed by atoms with Gasteiger partial charge in [-0.2, -0.15) is 4.98 Å². The minimum Gasteiger partial charge on any atom is -0.353 e. The van der Waals surface area contributed by atoms with Gasteiger partial charge in [0.25, 0.3) is 0 Å². The molecule has 2 aliphatic rings. The summed E-state index contributed by atoms with van der Waals surface area (Å²) in [4.78, 5) is 25.4. The van der Waals surface area contributed by atoms with Crippen LogP contribution in [0.25, 0.3) is 11.4 Å². The van der Waals surface area contributed by atoms with E-state index in [1.165, 1.54) is 0 Å². The van der Waals surface area contributed by atoms with Crippen molar-refractivity contribution in [3.8, 4) is 11.4 Å². The van der Waals surface area contributed by atoms with E-state index in [-0.39, 0.29) is 5.91 Å². The van der Waals surface area contributed by atoms with E-state index < -0.39 is 0 Å². The van der Waals surface area contributed by atoms with E-state index in [0.717, 1.165) is 56.3 Å². The number of carbonyl (C=O) groups is 1. The van der Waals surface area contributed by atoms with Crippen molar-refractivity contribution >= 4 is 11.7 Å². The lowest BCUT2D eigenvalue weighted by Gasteiger charge is -2.35. The molecular formula is C19H25N5O2. The van der Waals surface area contributed by atoms with Gasteiger partial charge in [-0.15, -0.1) is 0 Å². The van der Waals surface area contributed by atoms with Crippen LogP contribution in [0.5, 0.6) is 0 Å². The third kappa shape index (κ3) is 3.71. The molecule has 0 atom stereocenters. The van der Waals surface area contributed by atoms with Crippen LogP contribution in [-0.4, -0.2) is 52.1 Å². The van der Waals surface area contributed by atoms with Gasteiger partial charge >= 0.3 is 0 Å². The number of anilines is 1. The predicted octanol–water partition coefficient (Wildman–Crippen LogP) is 2.70. The van der Waals surface area contributed by atoms with Crippen LogP contribution in [0.1, 0.15) is 44.9 Å². The molecule has 0 bridgehead atoms. The lowest BCUT2D eigenvalue weighted by molar-refractivity contribution is -0.132. The van der Waals surface area contributed by atoms with E-state index in [4.69, 9.17) is 4.52 Å². The molecule has 2 fully saturated rings. The summed E-state index contributed by atoms with van der Waals surface area (Å²) in [5.74, 6) is 3.39. The minimum atomic E-state index is 0.256. The Morgan fingerprint density at radius 2 is 2.00 bits per heavy atom. The highest BCUT2D eigenvalue weighted by Gasteiger charge is 2.30. The largest absolute Gasteiger partial charge is 0.353 e. The average Bonchev–Trinajstić information content (AvgIpc) is 3.38. The Kier molecular flexibility index (Phi) is 4.61. The molecule has 138 valence electrons. The molecule has 0 aromatic carbocycles. The van der Waals surface area contributed by atoms with Crippen molar-refractivity contribution in [2.45, 2.75) is 39.0 Å². The maximum Gasteiger partial charge on any atom is 0.230 e. The molecule has 2 aromatic heterocycles. The summed E-state index contributed by atoms with van der Waals surface area (Å²) in [5, 5.41) is 4.06. The monoisotopic (exact) mass is 355 g/mol. The van der Waals surface area contributed by atoms with Gasteiger partial charge in [-0.3, -0.25) is 4.79 Å². The van der Waals surface area contributed by atoms with Crippen LogP contribution in [0.15, 0.2) is 22.9 Å². The van der Waals surface area contributed by atoms with Crippen molar-refractivity contribution in [3.63, 3.8) is 0 Å². The SMILES string of the molecule is CC(C)CC(=O)N1CCN(c2ccc(-c3noc(C4CC4)n3)cn2)CC1. The number of carbonyl (C=O) groups excluding carboxylic acids is 1. The van der Waals surface area contributed by atoms with E-state index in [2.05, 4.69) is 33.9 Å². The summed E-state index contributed by atoms with van der Waals surface area (Å²) in [7, 11) is 0. The maximum absolute atomic E-state index is 12.2. The quantitative estimate of drug-likeness (QED) is 0.821. The summed E-state index contributed by atoms with van der Waals surface area (Å²) in [6.45, 7) is 7.29. The van der Waals surface area contributed by atoms with Crippen LogP contribution in [0, 0.1) is 5.92 Å². The number of rotatable bonds is 5. The van der Waals surface area contributed by atoms with E-state index in [1.807, 2.05) is 17.0 Å². The van der Waals surface area contributed by atoms with Crippen LogP contribution in [-0.2, 0) is 4.79 Å². The number of piperazine rings is 1. The number of nitrogens with zero attached hydrogens (tertiary/aromatic N) is 5. The zero-order valence-corrected chi connectivity index (χ0v) is 15.4. The van der Waals surface area contributed by atoms with Crippen molar-refractivity contribution in [2.75, 3.05) is 31.1 Å². The topological polar surface area (TPSA) is 75.4 Å². The molecular weight excluding hydrogens is 330 g/mol. The lowest BCUT2D eigenvalue weighted by atomic mass is 10.1. The van der Waals surface area contributed by atoms with Crippen molar-refractivity contribution in [1.82, 2.24) is 20.0 Å². The number of amides is 1. The maximum atomic E-state index is 12.2. The van der Waals surface area contributed by atoms with Gasteiger partial charge in [0, 0.05) is 50.3 Å². The molecule has 0 radical (unpaired) electrons. The molecule has 0 N–H and O–H groups in total. The highest BCUT2D eigenvalue weighted by Crippen LogP contribution is 2.39. The first-order valence-electron chi connectivity index (χ1n) is 9.43. The molecule has 7 heteroatoms. The molecule has 1 aliphatic heterocycles. The van der Waals surface area contributed by atoms with Gasteiger partial charge in [0.05, 0.1) is 0 Å². The predicted molar refractivity (Wildman–Crippen MR) is 97.8 cm³/mol. The minimum absolute atomic E-state index is 0.256. The summed E-state index contributed by atoms with van der Waals surface area (Å²) in [6, 6.07) is 3.98. The van der Waals surface area contributed by atoms with Gasteiger partial charge in [-0.1, -0.05) is 19.0 Å². The number of aromatic nitrogens is 3. The molecule has 1 amide bonds. The normalized spacial score (nSPS) is 17.8. The first-order valence-corrected chi connectivity index (χ1v) is 9.43. The molecule has 1 aliphatic carbocycles. The van der Waals surface area contributed by atoms with Crippen LogP contribution >= 0.6 is 0 Å². The molecule has 0 spiro atoms. The summed E-state index contributed by atoms with van der Waals surface area (Å²) in [6.07, 6.45) is 4.71. The zero-order valence-electron chi connectivity index (χ0n) is 15.4. The van der Waals surface area contributed by atoms with Crippen LogP contribution < -0.4 is 4.90 Å². The fourth-order valence-electron chi connectivity index (χ4n) is 3.22. The average molecular weight is 355 g/mol. The fourth-order valence-corrected chi connectivity index (χ4v) is 3.22. The Hall–Kier alpha value is -2.44. The second kappa shape index (κ2) is 7.05. The lowest BCUT2D eigenvalue weighted by Crippen LogP contribution is -2.49. The summed E-state index contributed by atoms with van der Waals surface area (Å²) >= 11 is 0. The van der Waals surface area contributed by atoms with Gasteiger partial charge in [0.15, 0.2) is 0 Å². The van der Waals surface area contributed by atoms with E-state index in [9.17, 15) is 4.79 Å². The highest BCUT2D eigenvalue weighted by atomic mass is 16.5. The van der Waals surface area contributed by atoms with Gasteiger partial charge < -0.3 is 14.3 Å². The fraction of sp³-hybridized carbons (Fsp3) is 0.579. The smallest absolute Gasteiger partial charge is 0.230 e. The van der Waals surface area contributed by atoms with Crippen LogP contribution in [0.3, 0.4) is 0 Å². The van der Waals surface area contributed by atoms with Crippen molar-refractivity contribution in [1.29, 1.82) is 0 Å². The van der Waals surface area contributed by atoms with Crippen LogP contribution in [0.4, 0.5) is 5.82 Å². The molecule has 0 unspecified atom stereocenters. The first-order chi connectivity index (χ1) is 12.6.